The first-order valence-corrected chi connectivity index (χ1v) is 7.57. The van der Waals surface area contributed by atoms with Crippen molar-refractivity contribution in [1.29, 1.82) is 0 Å². The number of Topliss-reactive ketones (excluding diaryl/α,β-unsaturated/α-hetero) is 1. The predicted octanol–water partition coefficient (Wildman–Crippen LogP) is 1.08. The Labute approximate surface area is 122 Å². The first-order chi connectivity index (χ1) is 9.50. The van der Waals surface area contributed by atoms with Crippen LogP contribution in [-0.4, -0.2) is 56.5 Å². The number of hydrogen-bond donors (Lipinski definition) is 1. The highest BCUT2D eigenvalue weighted by Gasteiger charge is 2.22. The van der Waals surface area contributed by atoms with E-state index in [0.717, 1.165) is 25.9 Å². The van der Waals surface area contributed by atoms with Crippen molar-refractivity contribution in [1.82, 2.24) is 10.2 Å². The van der Waals surface area contributed by atoms with Gasteiger partial charge in [-0.05, 0) is 33.0 Å². The molecule has 0 unspecified atom stereocenters. The lowest BCUT2D eigenvalue weighted by Gasteiger charge is -2.28. The summed E-state index contributed by atoms with van der Waals surface area (Å²) < 4.78 is 5.37. The molecular weight excluding hydrogens is 256 g/mol. The highest BCUT2D eigenvalue weighted by molar-refractivity contribution is 5.80. The molecule has 1 saturated heterocycles. The molecule has 1 fully saturated rings. The lowest BCUT2D eigenvalue weighted by molar-refractivity contribution is -0.127. The average Bonchev–Trinajstić information content (AvgIpc) is 2.42. The van der Waals surface area contributed by atoms with Crippen molar-refractivity contribution in [3.05, 3.63) is 0 Å². The molecule has 1 aliphatic heterocycles. The zero-order valence-electron chi connectivity index (χ0n) is 13.0. The van der Waals surface area contributed by atoms with Crippen LogP contribution in [0.25, 0.3) is 0 Å². The molecule has 20 heavy (non-hydrogen) atoms. The largest absolute Gasteiger partial charge is 0.379 e. The molecule has 1 amide bonds. The van der Waals surface area contributed by atoms with Crippen LogP contribution in [0.5, 0.6) is 0 Å². The van der Waals surface area contributed by atoms with E-state index in [0.29, 0.717) is 26.2 Å². The van der Waals surface area contributed by atoms with Gasteiger partial charge in [0.1, 0.15) is 5.78 Å². The topological polar surface area (TPSA) is 58.6 Å². The van der Waals surface area contributed by atoms with Crippen molar-refractivity contribution < 1.29 is 14.3 Å². The molecule has 1 rings (SSSR count). The lowest BCUT2D eigenvalue weighted by Crippen LogP contribution is -2.39. The van der Waals surface area contributed by atoms with Crippen LogP contribution in [0.1, 0.15) is 33.1 Å². The monoisotopic (exact) mass is 284 g/mol. The summed E-state index contributed by atoms with van der Waals surface area (Å²) in [5.74, 6) is 0.580. The van der Waals surface area contributed by atoms with Crippen LogP contribution in [0.4, 0.5) is 0 Å². The molecule has 0 aromatic rings. The lowest BCUT2D eigenvalue weighted by atomic mass is 9.96. The van der Waals surface area contributed by atoms with Crippen LogP contribution < -0.4 is 5.32 Å². The van der Waals surface area contributed by atoms with E-state index >= 15 is 0 Å². The van der Waals surface area contributed by atoms with Gasteiger partial charge in [0.15, 0.2) is 0 Å². The van der Waals surface area contributed by atoms with Crippen LogP contribution in [-0.2, 0) is 14.3 Å². The fourth-order valence-electron chi connectivity index (χ4n) is 2.23. The molecule has 0 saturated carbocycles. The number of amides is 1. The summed E-state index contributed by atoms with van der Waals surface area (Å²) >= 11 is 0. The number of nitrogens with one attached hydrogen (secondary N) is 1. The number of rotatable bonds is 8. The van der Waals surface area contributed by atoms with E-state index in [4.69, 9.17) is 4.74 Å². The fourth-order valence-corrected chi connectivity index (χ4v) is 2.23. The number of carbonyl (C=O) groups is 2. The maximum atomic E-state index is 11.9. The Balaban J connectivity index is 2.01. The van der Waals surface area contributed by atoms with Gasteiger partial charge in [-0.1, -0.05) is 13.8 Å². The Morgan fingerprint density at radius 1 is 1.25 bits per heavy atom. The molecule has 0 aromatic heterocycles. The first-order valence-electron chi connectivity index (χ1n) is 7.57. The van der Waals surface area contributed by atoms with Crippen LogP contribution in [0.3, 0.4) is 0 Å². The molecule has 5 heteroatoms. The van der Waals surface area contributed by atoms with Gasteiger partial charge in [0.25, 0.3) is 0 Å². The van der Waals surface area contributed by atoms with Crippen LogP contribution in [0.15, 0.2) is 0 Å². The van der Waals surface area contributed by atoms with Gasteiger partial charge >= 0.3 is 0 Å². The third-order valence-corrected chi connectivity index (χ3v) is 3.77. The van der Waals surface area contributed by atoms with Crippen molar-refractivity contribution in [2.24, 2.45) is 11.8 Å². The van der Waals surface area contributed by atoms with Crippen LogP contribution >= 0.6 is 0 Å². The molecule has 5 nitrogen and oxygen atoms in total. The van der Waals surface area contributed by atoms with Gasteiger partial charge in [0.2, 0.25) is 5.91 Å². The van der Waals surface area contributed by atoms with Crippen molar-refractivity contribution in [2.75, 3.05) is 39.9 Å². The summed E-state index contributed by atoms with van der Waals surface area (Å²) in [5, 5.41) is 2.91. The van der Waals surface area contributed by atoms with Gasteiger partial charge in [0.05, 0.1) is 13.2 Å². The highest BCUT2D eigenvalue weighted by Crippen LogP contribution is 2.15. The van der Waals surface area contributed by atoms with E-state index in [2.05, 4.69) is 17.3 Å². The summed E-state index contributed by atoms with van der Waals surface area (Å²) in [6, 6.07) is 0. The number of carbonyl (C=O) groups excluding carboxylic acids is 2. The molecular formula is C15H28N2O3. The number of ether oxygens (including phenoxy) is 1. The molecule has 116 valence electrons. The quantitative estimate of drug-likeness (QED) is 0.678. The second-order valence-electron chi connectivity index (χ2n) is 5.85. The summed E-state index contributed by atoms with van der Waals surface area (Å²) in [6.07, 6.45) is 2.33. The van der Waals surface area contributed by atoms with E-state index in [1.165, 1.54) is 0 Å². The number of ketones is 1. The van der Waals surface area contributed by atoms with Crippen molar-refractivity contribution >= 4 is 11.7 Å². The minimum absolute atomic E-state index is 0.0720. The minimum Gasteiger partial charge on any atom is -0.379 e. The van der Waals surface area contributed by atoms with Gasteiger partial charge in [-0.3, -0.25) is 9.59 Å². The second-order valence-corrected chi connectivity index (χ2v) is 5.85. The van der Waals surface area contributed by atoms with E-state index in [9.17, 15) is 9.59 Å². The zero-order valence-corrected chi connectivity index (χ0v) is 13.0. The summed E-state index contributed by atoms with van der Waals surface area (Å²) in [6.45, 7) is 7.22. The van der Waals surface area contributed by atoms with E-state index in [-0.39, 0.29) is 23.5 Å². The normalized spacial score (nSPS) is 17.4. The summed E-state index contributed by atoms with van der Waals surface area (Å²) in [4.78, 5) is 25.5. The number of piperidine rings is 1. The first kappa shape index (κ1) is 17.1. The number of likely N-dealkylation sites (tertiary alicyclic amines) is 1. The van der Waals surface area contributed by atoms with Crippen molar-refractivity contribution in [3.63, 3.8) is 0 Å². The van der Waals surface area contributed by atoms with Gasteiger partial charge in [-0.25, -0.2) is 0 Å². The SMILES string of the molecule is CC(C)C(=O)CCOCCNC(=O)C1CCN(C)CC1. The van der Waals surface area contributed by atoms with Gasteiger partial charge < -0.3 is 15.0 Å². The molecule has 1 heterocycles. The maximum absolute atomic E-state index is 11.9. The van der Waals surface area contributed by atoms with Crippen molar-refractivity contribution in [2.45, 2.75) is 33.1 Å². The number of hydrogen-bond acceptors (Lipinski definition) is 4. The third-order valence-electron chi connectivity index (χ3n) is 3.77. The molecule has 0 aliphatic carbocycles. The van der Waals surface area contributed by atoms with Gasteiger partial charge in [-0.2, -0.15) is 0 Å². The predicted molar refractivity (Wildman–Crippen MR) is 78.5 cm³/mol. The zero-order chi connectivity index (χ0) is 15.0. The minimum atomic E-state index is 0.0720. The number of nitrogens with zero attached hydrogens (tertiary/aromatic N) is 1. The molecule has 1 N–H and O–H groups in total. The summed E-state index contributed by atoms with van der Waals surface area (Å²) in [7, 11) is 2.08. The van der Waals surface area contributed by atoms with Crippen LogP contribution in [0.2, 0.25) is 0 Å². The van der Waals surface area contributed by atoms with Gasteiger partial charge in [-0.15, -0.1) is 0 Å². The molecule has 0 atom stereocenters. The van der Waals surface area contributed by atoms with E-state index in [1.807, 2.05) is 13.8 Å². The summed E-state index contributed by atoms with van der Waals surface area (Å²) in [5.41, 5.74) is 0. The van der Waals surface area contributed by atoms with Crippen LogP contribution in [0, 0.1) is 11.8 Å². The maximum Gasteiger partial charge on any atom is 0.223 e. The Kier molecular flexibility index (Phi) is 7.77. The Hall–Kier alpha value is -0.940. The van der Waals surface area contributed by atoms with E-state index in [1.54, 1.807) is 0 Å². The van der Waals surface area contributed by atoms with Crippen molar-refractivity contribution in [3.8, 4) is 0 Å². The fraction of sp³-hybridized carbons (Fsp3) is 0.867. The standard InChI is InChI=1S/C15H28N2O3/c1-12(2)14(18)6-10-20-11-7-16-15(19)13-4-8-17(3)9-5-13/h12-13H,4-11H2,1-3H3,(H,16,19). The van der Waals surface area contributed by atoms with E-state index < -0.39 is 0 Å². The Bertz CT molecular complexity index is 310. The molecule has 1 aliphatic rings. The Morgan fingerprint density at radius 2 is 1.90 bits per heavy atom. The molecule has 0 spiro atoms. The van der Waals surface area contributed by atoms with Gasteiger partial charge in [0, 0.05) is 24.8 Å². The second kappa shape index (κ2) is 9.08. The third kappa shape index (κ3) is 6.48. The smallest absolute Gasteiger partial charge is 0.223 e. The highest BCUT2D eigenvalue weighted by atomic mass is 16.5. The molecule has 0 bridgehead atoms. The molecule has 0 radical (unpaired) electrons. The average molecular weight is 284 g/mol. The molecule has 0 aromatic carbocycles. The Morgan fingerprint density at radius 3 is 2.50 bits per heavy atom.